The topological polar surface area (TPSA) is 83.5 Å². The zero-order chi connectivity index (χ0) is 15.5. The summed E-state index contributed by atoms with van der Waals surface area (Å²) in [5.74, 6) is -2.69. The van der Waals surface area contributed by atoms with Crippen molar-refractivity contribution in [1.29, 1.82) is 0 Å². The molecule has 1 unspecified atom stereocenters. The maximum atomic E-state index is 13.8. The number of hydrogen-bond acceptors (Lipinski definition) is 3. The van der Waals surface area contributed by atoms with Crippen molar-refractivity contribution in [3.05, 3.63) is 29.3 Å². The Kier molecular flexibility index (Phi) is 4.81. The van der Waals surface area contributed by atoms with Crippen molar-refractivity contribution in [2.75, 3.05) is 0 Å². The highest BCUT2D eigenvalue weighted by atomic mass is 32.2. The van der Waals surface area contributed by atoms with Crippen molar-refractivity contribution in [3.8, 4) is 12.3 Å². The van der Waals surface area contributed by atoms with Gasteiger partial charge in [-0.15, -0.1) is 12.3 Å². The first-order valence-electron chi connectivity index (χ1n) is 5.37. The third-order valence-corrected chi connectivity index (χ3v) is 3.95. The van der Waals surface area contributed by atoms with Gasteiger partial charge in [0.05, 0.1) is 0 Å². The van der Waals surface area contributed by atoms with E-state index < -0.39 is 44.1 Å². The maximum absolute atomic E-state index is 13.8. The van der Waals surface area contributed by atoms with Gasteiger partial charge in [0.2, 0.25) is 10.0 Å². The average Bonchev–Trinajstić information content (AvgIpc) is 2.27. The second kappa shape index (κ2) is 5.98. The standard InChI is InChI=1S/C12H11F2NO4S/c1-3-4-7(2)15-20(18,19)9-6-5-8(13)10(11(9)14)12(16)17/h1,5-7,15H,4H2,2H3,(H,16,17). The molecule has 0 amide bonds. The zero-order valence-corrected chi connectivity index (χ0v) is 11.2. The molecule has 1 rings (SSSR count). The van der Waals surface area contributed by atoms with Crippen LogP contribution >= 0.6 is 0 Å². The summed E-state index contributed by atoms with van der Waals surface area (Å²) in [6.45, 7) is 1.46. The zero-order valence-electron chi connectivity index (χ0n) is 10.4. The predicted molar refractivity (Wildman–Crippen MR) is 66.6 cm³/mol. The molecule has 1 atom stereocenters. The van der Waals surface area contributed by atoms with Crippen LogP contribution in [-0.4, -0.2) is 25.5 Å². The lowest BCUT2D eigenvalue weighted by molar-refractivity contribution is 0.0685. The first-order chi connectivity index (χ1) is 9.20. The summed E-state index contributed by atoms with van der Waals surface area (Å²) in [7, 11) is -4.34. The highest BCUT2D eigenvalue weighted by Crippen LogP contribution is 2.21. The lowest BCUT2D eigenvalue weighted by Gasteiger charge is -2.13. The predicted octanol–water partition coefficient (Wildman–Crippen LogP) is 1.35. The van der Waals surface area contributed by atoms with Crippen molar-refractivity contribution >= 4 is 16.0 Å². The van der Waals surface area contributed by atoms with Crippen molar-refractivity contribution in [3.63, 3.8) is 0 Å². The molecular formula is C12H11F2NO4S. The maximum Gasteiger partial charge on any atom is 0.341 e. The fourth-order valence-electron chi connectivity index (χ4n) is 1.48. The molecule has 2 N–H and O–H groups in total. The molecule has 5 nitrogen and oxygen atoms in total. The molecule has 0 fully saturated rings. The quantitative estimate of drug-likeness (QED) is 0.804. The minimum atomic E-state index is -4.34. The monoisotopic (exact) mass is 303 g/mol. The second-order valence-electron chi connectivity index (χ2n) is 3.97. The van der Waals surface area contributed by atoms with Crippen LogP contribution in [0.15, 0.2) is 17.0 Å². The van der Waals surface area contributed by atoms with E-state index in [2.05, 4.69) is 10.6 Å². The molecule has 0 aliphatic heterocycles. The van der Waals surface area contributed by atoms with Gasteiger partial charge in [0.25, 0.3) is 0 Å². The Morgan fingerprint density at radius 1 is 1.50 bits per heavy atom. The van der Waals surface area contributed by atoms with Gasteiger partial charge < -0.3 is 5.11 Å². The van der Waals surface area contributed by atoms with Crippen LogP contribution in [0.1, 0.15) is 23.7 Å². The molecule has 1 aromatic carbocycles. The normalized spacial score (nSPS) is 12.7. The Morgan fingerprint density at radius 3 is 2.60 bits per heavy atom. The number of terminal acetylenes is 1. The number of carboxylic acids is 1. The van der Waals surface area contributed by atoms with Gasteiger partial charge in [-0.25, -0.2) is 26.7 Å². The van der Waals surface area contributed by atoms with Crippen molar-refractivity contribution in [2.45, 2.75) is 24.3 Å². The van der Waals surface area contributed by atoms with Gasteiger partial charge >= 0.3 is 5.97 Å². The summed E-state index contributed by atoms with van der Waals surface area (Å²) in [6.07, 6.45) is 5.08. The molecular weight excluding hydrogens is 292 g/mol. The SMILES string of the molecule is C#CCC(C)NS(=O)(=O)c1ccc(F)c(C(=O)O)c1F. The highest BCUT2D eigenvalue weighted by Gasteiger charge is 2.27. The summed E-state index contributed by atoms with van der Waals surface area (Å²) in [5.41, 5.74) is -1.32. The summed E-state index contributed by atoms with van der Waals surface area (Å²) >= 11 is 0. The highest BCUT2D eigenvalue weighted by molar-refractivity contribution is 7.89. The van der Waals surface area contributed by atoms with E-state index in [1.165, 1.54) is 6.92 Å². The fourth-order valence-corrected chi connectivity index (χ4v) is 2.81. The van der Waals surface area contributed by atoms with Gasteiger partial charge in [0.1, 0.15) is 16.3 Å². The van der Waals surface area contributed by atoms with E-state index in [4.69, 9.17) is 11.5 Å². The molecule has 20 heavy (non-hydrogen) atoms. The number of hydrogen-bond donors (Lipinski definition) is 2. The number of aromatic carboxylic acids is 1. The third-order valence-electron chi connectivity index (χ3n) is 2.34. The van der Waals surface area contributed by atoms with Crippen LogP contribution in [0.2, 0.25) is 0 Å². The van der Waals surface area contributed by atoms with E-state index >= 15 is 0 Å². The molecule has 0 bridgehead atoms. The average molecular weight is 303 g/mol. The van der Waals surface area contributed by atoms with Crippen LogP contribution in [0, 0.1) is 24.0 Å². The molecule has 0 saturated carbocycles. The largest absolute Gasteiger partial charge is 0.477 e. The molecule has 0 heterocycles. The van der Waals surface area contributed by atoms with Crippen LogP contribution in [-0.2, 0) is 10.0 Å². The fraction of sp³-hybridized carbons (Fsp3) is 0.250. The molecule has 0 aromatic heterocycles. The van der Waals surface area contributed by atoms with E-state index in [0.717, 1.165) is 0 Å². The lowest BCUT2D eigenvalue weighted by Crippen LogP contribution is -2.33. The summed E-state index contributed by atoms with van der Waals surface area (Å²) in [5, 5.41) is 8.68. The van der Waals surface area contributed by atoms with E-state index in [-0.39, 0.29) is 6.42 Å². The molecule has 1 aromatic rings. The van der Waals surface area contributed by atoms with Gasteiger partial charge in [0, 0.05) is 12.5 Å². The molecule has 0 saturated heterocycles. The third kappa shape index (κ3) is 3.31. The Morgan fingerprint density at radius 2 is 2.10 bits per heavy atom. The smallest absolute Gasteiger partial charge is 0.341 e. The van der Waals surface area contributed by atoms with E-state index in [9.17, 15) is 22.0 Å². The van der Waals surface area contributed by atoms with Gasteiger partial charge in [0.15, 0.2) is 5.82 Å². The van der Waals surface area contributed by atoms with Crippen LogP contribution in [0.25, 0.3) is 0 Å². The number of rotatable bonds is 5. The van der Waals surface area contributed by atoms with E-state index in [1.54, 1.807) is 0 Å². The van der Waals surface area contributed by atoms with E-state index in [0.29, 0.717) is 12.1 Å². The van der Waals surface area contributed by atoms with Crippen LogP contribution in [0.4, 0.5) is 8.78 Å². The van der Waals surface area contributed by atoms with Crippen LogP contribution in [0.5, 0.6) is 0 Å². The number of nitrogens with one attached hydrogen (secondary N) is 1. The van der Waals surface area contributed by atoms with Gasteiger partial charge in [-0.05, 0) is 19.1 Å². The summed E-state index contributed by atoms with van der Waals surface area (Å²) < 4.78 is 52.9. The van der Waals surface area contributed by atoms with Crippen molar-refractivity contribution < 1.29 is 27.1 Å². The van der Waals surface area contributed by atoms with Crippen LogP contribution < -0.4 is 4.72 Å². The Labute approximate surface area is 114 Å². The minimum Gasteiger partial charge on any atom is -0.477 e. The number of carboxylic acid groups (broad SMARTS) is 1. The Bertz CT molecular complexity index is 679. The number of halogens is 2. The summed E-state index contributed by atoms with van der Waals surface area (Å²) in [4.78, 5) is 9.78. The first kappa shape index (κ1) is 16.1. The van der Waals surface area contributed by atoms with Crippen molar-refractivity contribution in [2.24, 2.45) is 0 Å². The molecule has 8 heteroatoms. The molecule has 108 valence electrons. The first-order valence-corrected chi connectivity index (χ1v) is 6.86. The molecule has 0 aliphatic carbocycles. The van der Waals surface area contributed by atoms with E-state index in [1.807, 2.05) is 0 Å². The molecule has 0 aliphatic rings. The number of sulfonamides is 1. The van der Waals surface area contributed by atoms with Crippen LogP contribution in [0.3, 0.4) is 0 Å². The second-order valence-corrected chi connectivity index (χ2v) is 5.65. The summed E-state index contributed by atoms with van der Waals surface area (Å²) in [6, 6.07) is 0.553. The molecule has 0 radical (unpaired) electrons. The Hall–Kier alpha value is -1.98. The minimum absolute atomic E-state index is 0.0633. The van der Waals surface area contributed by atoms with Gasteiger partial charge in [-0.2, -0.15) is 0 Å². The molecule has 0 spiro atoms. The number of carbonyl (C=O) groups is 1. The van der Waals surface area contributed by atoms with Gasteiger partial charge in [-0.3, -0.25) is 0 Å². The number of benzene rings is 1. The van der Waals surface area contributed by atoms with Crippen molar-refractivity contribution in [1.82, 2.24) is 4.72 Å². The lowest BCUT2D eigenvalue weighted by atomic mass is 10.2. The Balaban J connectivity index is 3.31. The van der Waals surface area contributed by atoms with Gasteiger partial charge in [-0.1, -0.05) is 0 Å².